The molecule has 4 N–H and O–H groups in total. The Balaban J connectivity index is 2.14. The third-order valence-corrected chi connectivity index (χ3v) is 3.74. The van der Waals surface area contributed by atoms with Gasteiger partial charge in [0.15, 0.2) is 0 Å². The van der Waals surface area contributed by atoms with Gasteiger partial charge in [0.05, 0.1) is 0 Å². The van der Waals surface area contributed by atoms with Gasteiger partial charge in [0.1, 0.15) is 6.04 Å². The second-order valence-corrected chi connectivity index (χ2v) is 5.17. The van der Waals surface area contributed by atoms with Crippen molar-refractivity contribution in [1.29, 1.82) is 0 Å². The standard InChI is InChI=1S/C15H22N4O2/c1-3-17-15(21)18-14(20)10(2)19-9-5-6-11-12(16)7-4-8-13(11)19/h4,7-8,10H,3,5-6,9,16H2,1-2H3,(H2,17,18,20,21). The molecule has 0 aliphatic carbocycles. The number of urea groups is 1. The molecule has 0 spiro atoms. The number of nitrogens with one attached hydrogen (secondary N) is 2. The third kappa shape index (κ3) is 3.26. The molecule has 0 fully saturated rings. The molecule has 1 aromatic carbocycles. The summed E-state index contributed by atoms with van der Waals surface area (Å²) in [6, 6.07) is 4.86. The van der Waals surface area contributed by atoms with Gasteiger partial charge in [-0.05, 0) is 44.4 Å². The van der Waals surface area contributed by atoms with Gasteiger partial charge < -0.3 is 16.0 Å². The molecule has 0 aromatic heterocycles. The highest BCUT2D eigenvalue weighted by atomic mass is 16.2. The van der Waals surface area contributed by atoms with Crippen LogP contribution in [0.2, 0.25) is 0 Å². The number of rotatable bonds is 3. The first kappa shape index (κ1) is 15.2. The average molecular weight is 290 g/mol. The number of benzene rings is 1. The zero-order chi connectivity index (χ0) is 15.4. The summed E-state index contributed by atoms with van der Waals surface area (Å²) >= 11 is 0. The van der Waals surface area contributed by atoms with Gasteiger partial charge in [0.25, 0.3) is 0 Å². The van der Waals surface area contributed by atoms with Gasteiger partial charge in [-0.15, -0.1) is 0 Å². The molecule has 6 nitrogen and oxygen atoms in total. The minimum atomic E-state index is -0.459. The summed E-state index contributed by atoms with van der Waals surface area (Å²) < 4.78 is 0. The lowest BCUT2D eigenvalue weighted by Gasteiger charge is -2.35. The van der Waals surface area contributed by atoms with Crippen LogP contribution in [0.1, 0.15) is 25.8 Å². The maximum atomic E-state index is 12.2. The molecule has 0 radical (unpaired) electrons. The minimum Gasteiger partial charge on any atom is -0.398 e. The Bertz CT molecular complexity index is 544. The second-order valence-electron chi connectivity index (χ2n) is 5.17. The predicted octanol–water partition coefficient (Wildman–Crippen LogP) is 1.26. The van der Waals surface area contributed by atoms with E-state index in [4.69, 9.17) is 5.73 Å². The molecule has 1 atom stereocenters. The van der Waals surface area contributed by atoms with Crippen molar-refractivity contribution in [3.8, 4) is 0 Å². The summed E-state index contributed by atoms with van der Waals surface area (Å²) in [4.78, 5) is 25.6. The molecular weight excluding hydrogens is 268 g/mol. The zero-order valence-electron chi connectivity index (χ0n) is 12.5. The van der Waals surface area contributed by atoms with Crippen molar-refractivity contribution in [3.05, 3.63) is 23.8 Å². The number of fused-ring (bicyclic) bond motifs is 1. The van der Waals surface area contributed by atoms with Crippen LogP contribution in [-0.4, -0.2) is 31.1 Å². The van der Waals surface area contributed by atoms with E-state index in [2.05, 4.69) is 10.6 Å². The molecule has 3 amide bonds. The van der Waals surface area contributed by atoms with Gasteiger partial charge in [0.2, 0.25) is 5.91 Å². The number of hydrogen-bond donors (Lipinski definition) is 3. The molecule has 6 heteroatoms. The van der Waals surface area contributed by atoms with Crippen LogP contribution >= 0.6 is 0 Å². The summed E-state index contributed by atoms with van der Waals surface area (Å²) in [6.07, 6.45) is 1.86. The van der Waals surface area contributed by atoms with Crippen LogP contribution in [0, 0.1) is 0 Å². The lowest BCUT2D eigenvalue weighted by Crippen LogP contribution is -2.51. The number of nitrogens with zero attached hydrogens (tertiary/aromatic N) is 1. The van der Waals surface area contributed by atoms with Crippen molar-refractivity contribution >= 4 is 23.3 Å². The lowest BCUT2D eigenvalue weighted by molar-refractivity contribution is -0.121. The number of nitrogens with two attached hydrogens (primary N) is 1. The van der Waals surface area contributed by atoms with Gasteiger partial charge in [0, 0.05) is 24.5 Å². The first-order valence-electron chi connectivity index (χ1n) is 7.27. The maximum absolute atomic E-state index is 12.2. The van der Waals surface area contributed by atoms with Gasteiger partial charge in [-0.2, -0.15) is 0 Å². The van der Waals surface area contributed by atoms with E-state index < -0.39 is 12.1 Å². The van der Waals surface area contributed by atoms with E-state index in [0.717, 1.165) is 36.3 Å². The van der Waals surface area contributed by atoms with Crippen molar-refractivity contribution in [2.45, 2.75) is 32.7 Å². The number of carbonyl (C=O) groups excluding carboxylic acids is 2. The molecule has 21 heavy (non-hydrogen) atoms. The fourth-order valence-corrected chi connectivity index (χ4v) is 2.65. The Kier molecular flexibility index (Phi) is 4.67. The highest BCUT2D eigenvalue weighted by Crippen LogP contribution is 2.32. The summed E-state index contributed by atoms with van der Waals surface area (Å²) in [5.74, 6) is -0.309. The van der Waals surface area contributed by atoms with Crippen molar-refractivity contribution in [2.24, 2.45) is 0 Å². The third-order valence-electron chi connectivity index (χ3n) is 3.74. The first-order chi connectivity index (χ1) is 10.0. The minimum absolute atomic E-state index is 0.309. The summed E-state index contributed by atoms with van der Waals surface area (Å²) in [5, 5.41) is 4.91. The van der Waals surface area contributed by atoms with E-state index in [-0.39, 0.29) is 5.91 Å². The van der Waals surface area contributed by atoms with Gasteiger partial charge in [-0.25, -0.2) is 4.79 Å². The molecule has 1 aromatic rings. The van der Waals surface area contributed by atoms with Crippen LogP contribution < -0.4 is 21.3 Å². The largest absolute Gasteiger partial charge is 0.398 e. The number of carbonyl (C=O) groups is 2. The average Bonchev–Trinajstić information content (AvgIpc) is 2.46. The zero-order valence-corrected chi connectivity index (χ0v) is 12.5. The Labute approximate surface area is 124 Å². The highest BCUT2D eigenvalue weighted by molar-refractivity contribution is 5.98. The van der Waals surface area contributed by atoms with E-state index in [9.17, 15) is 9.59 Å². The molecule has 1 unspecified atom stereocenters. The maximum Gasteiger partial charge on any atom is 0.321 e. The van der Waals surface area contributed by atoms with E-state index in [1.807, 2.05) is 23.1 Å². The van der Waals surface area contributed by atoms with E-state index in [1.165, 1.54) is 0 Å². The molecule has 0 saturated carbocycles. The van der Waals surface area contributed by atoms with Crippen LogP contribution in [0.15, 0.2) is 18.2 Å². The Morgan fingerprint density at radius 2 is 2.19 bits per heavy atom. The smallest absolute Gasteiger partial charge is 0.321 e. The Morgan fingerprint density at radius 1 is 1.43 bits per heavy atom. The molecule has 114 valence electrons. The SMILES string of the molecule is CCNC(=O)NC(=O)C(C)N1CCCc2c(N)cccc21. The normalized spacial score (nSPS) is 15.0. The van der Waals surface area contributed by atoms with Crippen molar-refractivity contribution < 1.29 is 9.59 Å². The number of nitrogen functional groups attached to an aromatic ring is 1. The molecular formula is C15H22N4O2. The Hall–Kier alpha value is -2.24. The van der Waals surface area contributed by atoms with Crippen molar-refractivity contribution in [3.63, 3.8) is 0 Å². The van der Waals surface area contributed by atoms with E-state index in [0.29, 0.717) is 6.54 Å². The molecule has 1 heterocycles. The predicted molar refractivity (Wildman–Crippen MR) is 83.2 cm³/mol. The monoisotopic (exact) mass is 290 g/mol. The van der Waals surface area contributed by atoms with Crippen molar-refractivity contribution in [1.82, 2.24) is 10.6 Å². The highest BCUT2D eigenvalue weighted by Gasteiger charge is 2.27. The fraction of sp³-hybridized carbons (Fsp3) is 0.467. The van der Waals surface area contributed by atoms with Crippen LogP contribution in [0.3, 0.4) is 0 Å². The fourth-order valence-electron chi connectivity index (χ4n) is 2.65. The molecule has 2 rings (SSSR count). The summed E-state index contributed by atoms with van der Waals surface area (Å²) in [6.45, 7) is 4.86. The van der Waals surface area contributed by atoms with Crippen molar-refractivity contribution in [2.75, 3.05) is 23.7 Å². The first-order valence-corrected chi connectivity index (χ1v) is 7.27. The molecule has 0 bridgehead atoms. The Morgan fingerprint density at radius 3 is 2.90 bits per heavy atom. The number of amides is 3. The number of hydrogen-bond acceptors (Lipinski definition) is 4. The molecule has 0 saturated heterocycles. The van der Waals surface area contributed by atoms with Gasteiger partial charge in [-0.1, -0.05) is 6.07 Å². The van der Waals surface area contributed by atoms with Crippen LogP contribution in [-0.2, 0) is 11.2 Å². The molecule has 1 aliphatic heterocycles. The van der Waals surface area contributed by atoms with Gasteiger partial charge >= 0.3 is 6.03 Å². The van der Waals surface area contributed by atoms with Crippen LogP contribution in [0.5, 0.6) is 0 Å². The molecule has 1 aliphatic rings. The van der Waals surface area contributed by atoms with Crippen LogP contribution in [0.4, 0.5) is 16.2 Å². The van der Waals surface area contributed by atoms with Gasteiger partial charge in [-0.3, -0.25) is 10.1 Å². The van der Waals surface area contributed by atoms with E-state index >= 15 is 0 Å². The number of anilines is 2. The lowest BCUT2D eigenvalue weighted by atomic mass is 9.98. The number of imide groups is 1. The summed E-state index contributed by atoms with van der Waals surface area (Å²) in [5.41, 5.74) is 8.84. The van der Waals surface area contributed by atoms with E-state index in [1.54, 1.807) is 13.8 Å². The van der Waals surface area contributed by atoms with Crippen LogP contribution in [0.25, 0.3) is 0 Å². The quantitative estimate of drug-likeness (QED) is 0.731. The summed E-state index contributed by atoms with van der Waals surface area (Å²) in [7, 11) is 0. The topological polar surface area (TPSA) is 87.5 Å². The second kappa shape index (κ2) is 6.47.